The van der Waals surface area contributed by atoms with E-state index in [2.05, 4.69) is 10.3 Å². The van der Waals surface area contributed by atoms with E-state index >= 15 is 0 Å². The summed E-state index contributed by atoms with van der Waals surface area (Å²) in [6.07, 6.45) is 3.45. The normalized spacial score (nSPS) is 10.6. The second-order valence-electron chi connectivity index (χ2n) is 6.06. The number of methoxy groups -OCH3 is 1. The first-order chi connectivity index (χ1) is 12.0. The fraction of sp³-hybridized carbons (Fsp3) is 0.368. The third-order valence-electron chi connectivity index (χ3n) is 3.81. The molecule has 0 unspecified atom stereocenters. The van der Waals surface area contributed by atoms with Gasteiger partial charge in [-0.15, -0.1) is 0 Å². The van der Waals surface area contributed by atoms with Gasteiger partial charge in [-0.1, -0.05) is 12.1 Å². The number of rotatable bonds is 7. The third kappa shape index (κ3) is 4.62. The number of hydrogen-bond acceptors (Lipinski definition) is 3. The molecule has 0 aliphatic rings. The molecular weight excluding hydrogens is 318 g/mol. The highest BCUT2D eigenvalue weighted by molar-refractivity contribution is 6.02. The van der Waals surface area contributed by atoms with E-state index in [4.69, 9.17) is 4.74 Å². The third-order valence-corrected chi connectivity index (χ3v) is 3.81. The maximum Gasteiger partial charge on any atom is 0.256 e. The van der Waals surface area contributed by atoms with Gasteiger partial charge in [-0.25, -0.2) is 0 Å². The minimum absolute atomic E-state index is 0.0379. The Morgan fingerprint density at radius 1 is 1.28 bits per heavy atom. The topological polar surface area (TPSA) is 74.4 Å². The highest BCUT2D eigenvalue weighted by atomic mass is 16.5. The predicted octanol–water partition coefficient (Wildman–Crippen LogP) is 2.68. The van der Waals surface area contributed by atoms with Crippen molar-refractivity contribution in [3.63, 3.8) is 0 Å². The van der Waals surface area contributed by atoms with Crippen LogP contribution in [0, 0.1) is 0 Å². The van der Waals surface area contributed by atoms with Gasteiger partial charge in [-0.05, 0) is 38.5 Å². The van der Waals surface area contributed by atoms with E-state index in [0.717, 1.165) is 16.9 Å². The Labute approximate surface area is 148 Å². The van der Waals surface area contributed by atoms with Gasteiger partial charge in [0.25, 0.3) is 5.91 Å². The molecule has 6 heteroatoms. The molecule has 1 aromatic carbocycles. The number of aromatic amines is 1. The molecule has 0 spiro atoms. The molecule has 6 nitrogen and oxygen atoms in total. The van der Waals surface area contributed by atoms with Crippen LogP contribution in [-0.4, -0.2) is 47.9 Å². The number of aromatic nitrogens is 1. The average molecular weight is 343 g/mol. The Hall–Kier alpha value is -2.76. The number of carbonyl (C=O) groups is 2. The second-order valence-corrected chi connectivity index (χ2v) is 6.06. The molecule has 2 rings (SSSR count). The van der Waals surface area contributed by atoms with Gasteiger partial charge in [0.1, 0.15) is 5.75 Å². The van der Waals surface area contributed by atoms with Gasteiger partial charge in [0, 0.05) is 30.5 Å². The van der Waals surface area contributed by atoms with Crippen molar-refractivity contribution < 1.29 is 14.3 Å². The lowest BCUT2D eigenvalue weighted by molar-refractivity contribution is -0.122. The monoisotopic (exact) mass is 343 g/mol. The lowest BCUT2D eigenvalue weighted by Gasteiger charge is -2.21. The van der Waals surface area contributed by atoms with Crippen LogP contribution in [0.4, 0.5) is 0 Å². The summed E-state index contributed by atoms with van der Waals surface area (Å²) in [5.41, 5.74) is 2.20. The van der Waals surface area contributed by atoms with E-state index in [9.17, 15) is 9.59 Å². The molecule has 25 heavy (non-hydrogen) atoms. The van der Waals surface area contributed by atoms with Crippen LogP contribution in [0.15, 0.2) is 36.7 Å². The number of amides is 2. The Bertz CT molecular complexity index is 737. The summed E-state index contributed by atoms with van der Waals surface area (Å²) in [4.78, 5) is 29.4. The fourth-order valence-corrected chi connectivity index (χ4v) is 2.61. The summed E-state index contributed by atoms with van der Waals surface area (Å²) in [5.74, 6) is 0.380. The van der Waals surface area contributed by atoms with E-state index in [1.54, 1.807) is 19.5 Å². The minimum atomic E-state index is -0.180. The van der Waals surface area contributed by atoms with E-state index < -0.39 is 0 Å². The van der Waals surface area contributed by atoms with Crippen LogP contribution >= 0.6 is 0 Å². The van der Waals surface area contributed by atoms with Crippen LogP contribution in [0.3, 0.4) is 0 Å². The number of nitrogens with one attached hydrogen (secondary N) is 2. The van der Waals surface area contributed by atoms with Crippen LogP contribution < -0.4 is 10.1 Å². The highest BCUT2D eigenvalue weighted by Gasteiger charge is 2.21. The molecule has 2 amide bonds. The van der Waals surface area contributed by atoms with Crippen LogP contribution in [0.1, 0.15) is 31.1 Å². The van der Waals surface area contributed by atoms with Crippen molar-refractivity contribution in [2.45, 2.75) is 26.8 Å². The van der Waals surface area contributed by atoms with Gasteiger partial charge < -0.3 is 19.9 Å². The number of likely N-dealkylation sites (N-methyl/N-ethyl adjacent to an activating group) is 1. The van der Waals surface area contributed by atoms with Crippen LogP contribution in [-0.2, 0) is 4.79 Å². The molecule has 0 radical (unpaired) electrons. The molecular formula is C19H25N3O3. The number of H-pyrrole nitrogens is 1. The first-order valence-corrected chi connectivity index (χ1v) is 8.36. The van der Waals surface area contributed by atoms with E-state index in [1.165, 1.54) is 4.90 Å². The van der Waals surface area contributed by atoms with Crippen LogP contribution in [0.5, 0.6) is 5.75 Å². The number of benzene rings is 1. The van der Waals surface area contributed by atoms with E-state index in [-0.39, 0.29) is 24.4 Å². The molecule has 0 aliphatic heterocycles. The smallest absolute Gasteiger partial charge is 0.256 e. The SMILES string of the molecule is CCN(CC(=O)NC(C)C)C(=O)c1c[nH]cc1-c1cccc(OC)c1. The van der Waals surface area contributed by atoms with Gasteiger partial charge in [-0.2, -0.15) is 0 Å². The molecule has 134 valence electrons. The number of ether oxygens (including phenoxy) is 1. The molecule has 0 saturated carbocycles. The zero-order chi connectivity index (χ0) is 18.4. The minimum Gasteiger partial charge on any atom is -0.497 e. The predicted molar refractivity (Wildman–Crippen MR) is 97.6 cm³/mol. The molecule has 1 heterocycles. The van der Waals surface area contributed by atoms with Crippen molar-refractivity contribution in [1.29, 1.82) is 0 Å². The number of carbonyl (C=O) groups excluding carboxylic acids is 2. The Morgan fingerprint density at radius 3 is 2.68 bits per heavy atom. The molecule has 0 bridgehead atoms. The van der Waals surface area contributed by atoms with Crippen LogP contribution in [0.25, 0.3) is 11.1 Å². The Kier molecular flexibility index (Phi) is 6.22. The molecule has 0 saturated heterocycles. The average Bonchev–Trinajstić information content (AvgIpc) is 3.08. The molecule has 2 N–H and O–H groups in total. The van der Waals surface area contributed by atoms with Gasteiger partial charge in [0.05, 0.1) is 19.2 Å². The maximum absolute atomic E-state index is 12.9. The van der Waals surface area contributed by atoms with Crippen molar-refractivity contribution in [1.82, 2.24) is 15.2 Å². The second kappa shape index (κ2) is 8.37. The van der Waals surface area contributed by atoms with Crippen molar-refractivity contribution >= 4 is 11.8 Å². The van der Waals surface area contributed by atoms with Gasteiger partial charge >= 0.3 is 0 Å². The summed E-state index contributed by atoms with van der Waals surface area (Å²) in [7, 11) is 1.61. The molecule has 1 aromatic heterocycles. The Balaban J connectivity index is 2.24. The highest BCUT2D eigenvalue weighted by Crippen LogP contribution is 2.27. The molecule has 0 fully saturated rings. The Morgan fingerprint density at radius 2 is 2.04 bits per heavy atom. The van der Waals surface area contributed by atoms with Gasteiger partial charge in [0.2, 0.25) is 5.91 Å². The van der Waals surface area contributed by atoms with Crippen molar-refractivity contribution in [3.8, 4) is 16.9 Å². The van der Waals surface area contributed by atoms with Crippen molar-refractivity contribution in [3.05, 3.63) is 42.2 Å². The number of hydrogen-bond donors (Lipinski definition) is 2. The quantitative estimate of drug-likeness (QED) is 0.812. The largest absolute Gasteiger partial charge is 0.497 e. The number of nitrogens with zero attached hydrogens (tertiary/aromatic N) is 1. The summed E-state index contributed by atoms with van der Waals surface area (Å²) < 4.78 is 5.25. The zero-order valence-electron chi connectivity index (χ0n) is 15.1. The molecule has 2 aromatic rings. The summed E-state index contributed by atoms with van der Waals surface area (Å²) in [5, 5.41) is 2.81. The van der Waals surface area contributed by atoms with Crippen molar-refractivity contribution in [2.75, 3.05) is 20.2 Å². The van der Waals surface area contributed by atoms with E-state index in [0.29, 0.717) is 12.1 Å². The standard InChI is InChI=1S/C19H25N3O3/c1-5-22(12-18(23)21-13(2)3)19(24)17-11-20-10-16(17)14-7-6-8-15(9-14)25-4/h6-11,13,20H,5,12H2,1-4H3,(H,21,23). The molecule has 0 aliphatic carbocycles. The first-order valence-electron chi connectivity index (χ1n) is 8.36. The maximum atomic E-state index is 12.9. The lowest BCUT2D eigenvalue weighted by Crippen LogP contribution is -2.42. The van der Waals surface area contributed by atoms with Gasteiger partial charge in [-0.3, -0.25) is 9.59 Å². The first kappa shape index (κ1) is 18.6. The fourth-order valence-electron chi connectivity index (χ4n) is 2.61. The zero-order valence-corrected chi connectivity index (χ0v) is 15.1. The summed E-state index contributed by atoms with van der Waals surface area (Å²) in [6, 6.07) is 7.57. The van der Waals surface area contributed by atoms with E-state index in [1.807, 2.05) is 45.0 Å². The molecule has 0 atom stereocenters. The lowest BCUT2D eigenvalue weighted by atomic mass is 10.0. The van der Waals surface area contributed by atoms with Gasteiger partial charge in [0.15, 0.2) is 0 Å². The van der Waals surface area contributed by atoms with Crippen molar-refractivity contribution in [2.24, 2.45) is 0 Å². The summed E-state index contributed by atoms with van der Waals surface area (Å²) in [6.45, 7) is 6.13. The van der Waals surface area contributed by atoms with Crippen LogP contribution in [0.2, 0.25) is 0 Å². The summed E-state index contributed by atoms with van der Waals surface area (Å²) >= 11 is 0.